The maximum atomic E-state index is 12.3. The normalized spacial score (nSPS) is 10.7. The van der Waals surface area contributed by atoms with Crippen LogP contribution in [0.1, 0.15) is 25.1 Å². The molecular weight excluding hydrogens is 468 g/mol. The molecule has 1 N–H and O–H groups in total. The molecule has 0 saturated heterocycles. The zero-order valence-corrected chi connectivity index (χ0v) is 20.5. The highest BCUT2D eigenvalue weighted by atomic mass is 32.1. The van der Waals surface area contributed by atoms with Gasteiger partial charge in [0.15, 0.2) is 16.6 Å². The van der Waals surface area contributed by atoms with E-state index in [-0.39, 0.29) is 18.3 Å². The van der Waals surface area contributed by atoms with Crippen LogP contribution < -0.4 is 19.5 Å². The van der Waals surface area contributed by atoms with Crippen LogP contribution in [0.2, 0.25) is 0 Å². The van der Waals surface area contributed by atoms with Gasteiger partial charge in [0, 0.05) is 11.5 Å². The van der Waals surface area contributed by atoms with Crippen molar-refractivity contribution in [3.05, 3.63) is 71.2 Å². The third-order valence-corrected chi connectivity index (χ3v) is 5.27. The Hall–Kier alpha value is -3.85. The fraction of sp³-hybridized carbons (Fsp3) is 0.269. The van der Waals surface area contributed by atoms with E-state index < -0.39 is 0 Å². The van der Waals surface area contributed by atoms with Crippen LogP contribution >= 0.6 is 11.3 Å². The van der Waals surface area contributed by atoms with E-state index in [0.29, 0.717) is 48.8 Å². The van der Waals surface area contributed by atoms with Crippen molar-refractivity contribution in [2.24, 2.45) is 0 Å². The maximum Gasteiger partial charge on any atom is 0.311 e. The molecule has 9 heteroatoms. The third kappa shape index (κ3) is 8.78. The van der Waals surface area contributed by atoms with Crippen LogP contribution in [0.25, 0.3) is 6.08 Å². The molecule has 3 aromatic rings. The summed E-state index contributed by atoms with van der Waals surface area (Å²) in [6.07, 6.45) is 3.15. The number of carbonyl (C=O) groups excluding carboxylic acids is 2. The molecule has 1 heterocycles. The van der Waals surface area contributed by atoms with Crippen molar-refractivity contribution in [1.29, 1.82) is 0 Å². The number of hydrogen-bond donors (Lipinski definition) is 1. The molecule has 0 aliphatic rings. The van der Waals surface area contributed by atoms with Crippen molar-refractivity contribution in [1.82, 2.24) is 4.98 Å². The van der Waals surface area contributed by atoms with Crippen molar-refractivity contribution in [2.75, 3.05) is 31.7 Å². The lowest BCUT2D eigenvalue weighted by Crippen LogP contribution is -2.10. The third-order valence-electron chi connectivity index (χ3n) is 4.46. The molecular formula is C26H28N2O6S. The Morgan fingerprint density at radius 3 is 2.54 bits per heavy atom. The SMILES string of the molecule is CCOC(=O)Cc1csc(NC(=O)/C=C/c2ccc(OCCOc3ccccc3)c(OCC)c2)n1. The van der Waals surface area contributed by atoms with Gasteiger partial charge in [-0.3, -0.25) is 14.9 Å². The van der Waals surface area contributed by atoms with E-state index in [1.807, 2.05) is 49.4 Å². The number of nitrogens with one attached hydrogen (secondary N) is 1. The number of ether oxygens (including phenoxy) is 4. The van der Waals surface area contributed by atoms with Crippen LogP contribution in [0.15, 0.2) is 60.0 Å². The largest absolute Gasteiger partial charge is 0.490 e. The smallest absolute Gasteiger partial charge is 0.311 e. The van der Waals surface area contributed by atoms with Crippen LogP contribution in [-0.4, -0.2) is 43.3 Å². The fourth-order valence-corrected chi connectivity index (χ4v) is 3.68. The molecule has 8 nitrogen and oxygen atoms in total. The molecule has 184 valence electrons. The summed E-state index contributed by atoms with van der Waals surface area (Å²) < 4.78 is 22.1. The Kier molecular flexibility index (Phi) is 10.1. The quantitative estimate of drug-likeness (QED) is 0.207. The number of aromatic nitrogens is 1. The molecule has 0 aliphatic carbocycles. The summed E-state index contributed by atoms with van der Waals surface area (Å²) >= 11 is 1.25. The first-order valence-corrected chi connectivity index (χ1v) is 12.1. The van der Waals surface area contributed by atoms with Crippen LogP contribution in [0, 0.1) is 0 Å². The molecule has 35 heavy (non-hydrogen) atoms. The molecule has 2 aromatic carbocycles. The Morgan fingerprint density at radius 2 is 1.77 bits per heavy atom. The number of para-hydroxylation sites is 1. The molecule has 0 bridgehead atoms. The van der Waals surface area contributed by atoms with E-state index in [1.165, 1.54) is 17.4 Å². The first-order chi connectivity index (χ1) is 17.1. The Morgan fingerprint density at radius 1 is 0.971 bits per heavy atom. The summed E-state index contributed by atoms with van der Waals surface area (Å²) in [6, 6.07) is 15.0. The predicted octanol–water partition coefficient (Wildman–Crippen LogP) is 4.76. The Balaban J connectivity index is 1.52. The lowest BCUT2D eigenvalue weighted by atomic mass is 10.2. The monoisotopic (exact) mass is 496 g/mol. The summed E-state index contributed by atoms with van der Waals surface area (Å²) in [5.41, 5.74) is 1.33. The van der Waals surface area contributed by atoms with Gasteiger partial charge >= 0.3 is 5.97 Å². The highest BCUT2D eigenvalue weighted by Gasteiger charge is 2.10. The highest BCUT2D eigenvalue weighted by molar-refractivity contribution is 7.14. The minimum absolute atomic E-state index is 0.0725. The minimum Gasteiger partial charge on any atom is -0.490 e. The van der Waals surface area contributed by atoms with Gasteiger partial charge in [0.2, 0.25) is 5.91 Å². The number of benzene rings is 2. The van der Waals surface area contributed by atoms with E-state index in [4.69, 9.17) is 18.9 Å². The molecule has 1 aromatic heterocycles. The van der Waals surface area contributed by atoms with Crippen LogP contribution in [0.4, 0.5) is 5.13 Å². The number of hydrogen-bond acceptors (Lipinski definition) is 8. The second-order valence-corrected chi connectivity index (χ2v) is 7.96. The summed E-state index contributed by atoms with van der Waals surface area (Å²) in [5.74, 6) is 1.28. The summed E-state index contributed by atoms with van der Waals surface area (Å²) in [4.78, 5) is 28.1. The van der Waals surface area contributed by atoms with E-state index >= 15 is 0 Å². The second-order valence-electron chi connectivity index (χ2n) is 7.10. The van der Waals surface area contributed by atoms with Crippen molar-refractivity contribution in [3.63, 3.8) is 0 Å². The Labute approximate surface area is 208 Å². The van der Waals surface area contributed by atoms with Gasteiger partial charge in [0.05, 0.1) is 25.3 Å². The average Bonchev–Trinajstić information content (AvgIpc) is 3.28. The van der Waals surface area contributed by atoms with Crippen molar-refractivity contribution >= 4 is 34.4 Å². The number of nitrogens with zero attached hydrogens (tertiary/aromatic N) is 1. The number of anilines is 1. The zero-order chi connectivity index (χ0) is 24.9. The van der Waals surface area contributed by atoms with Crippen molar-refractivity contribution < 1.29 is 28.5 Å². The van der Waals surface area contributed by atoms with E-state index in [2.05, 4.69) is 10.3 Å². The topological polar surface area (TPSA) is 96.0 Å². The fourth-order valence-electron chi connectivity index (χ4n) is 2.97. The first kappa shape index (κ1) is 25.8. The van der Waals surface area contributed by atoms with Gasteiger partial charge in [0.25, 0.3) is 0 Å². The Bertz CT molecular complexity index is 1130. The minimum atomic E-state index is -0.350. The van der Waals surface area contributed by atoms with E-state index in [1.54, 1.807) is 24.4 Å². The van der Waals surface area contributed by atoms with E-state index in [0.717, 1.165) is 11.3 Å². The molecule has 0 radical (unpaired) electrons. The molecule has 3 rings (SSSR count). The maximum absolute atomic E-state index is 12.3. The first-order valence-electron chi connectivity index (χ1n) is 11.2. The van der Waals surface area contributed by atoms with Gasteiger partial charge in [-0.05, 0) is 49.8 Å². The summed E-state index contributed by atoms with van der Waals surface area (Å²) in [6.45, 7) is 5.19. The number of esters is 1. The lowest BCUT2D eigenvalue weighted by Gasteiger charge is -2.13. The van der Waals surface area contributed by atoms with Gasteiger partial charge in [-0.25, -0.2) is 4.98 Å². The van der Waals surface area contributed by atoms with Gasteiger partial charge < -0.3 is 18.9 Å². The lowest BCUT2D eigenvalue weighted by molar-refractivity contribution is -0.142. The summed E-state index contributed by atoms with van der Waals surface area (Å²) in [5, 5.41) is 4.83. The molecule has 0 aliphatic heterocycles. The van der Waals surface area contributed by atoms with Gasteiger partial charge in [-0.15, -0.1) is 11.3 Å². The summed E-state index contributed by atoms with van der Waals surface area (Å²) in [7, 11) is 0. The number of rotatable bonds is 13. The van der Waals surface area contributed by atoms with Gasteiger partial charge in [0.1, 0.15) is 19.0 Å². The standard InChI is InChI=1S/C26H28N2O6S/c1-3-31-23-16-19(10-12-22(23)34-15-14-33-21-8-6-5-7-9-21)11-13-24(29)28-26-27-20(18-35-26)17-25(30)32-4-2/h5-13,16,18H,3-4,14-15,17H2,1-2H3,(H,27,28,29)/b13-11+. The molecule has 0 unspecified atom stereocenters. The highest BCUT2D eigenvalue weighted by Crippen LogP contribution is 2.29. The number of thiazole rings is 1. The second kappa shape index (κ2) is 13.8. The van der Waals surface area contributed by atoms with Gasteiger partial charge in [-0.1, -0.05) is 24.3 Å². The van der Waals surface area contributed by atoms with E-state index in [9.17, 15) is 9.59 Å². The molecule has 0 atom stereocenters. The molecule has 0 saturated carbocycles. The van der Waals surface area contributed by atoms with Crippen LogP contribution in [-0.2, 0) is 20.7 Å². The molecule has 1 amide bonds. The van der Waals surface area contributed by atoms with Crippen molar-refractivity contribution in [3.8, 4) is 17.2 Å². The number of carbonyl (C=O) groups is 2. The van der Waals surface area contributed by atoms with Crippen LogP contribution in [0.5, 0.6) is 17.2 Å². The average molecular weight is 497 g/mol. The number of amides is 1. The van der Waals surface area contributed by atoms with Crippen molar-refractivity contribution in [2.45, 2.75) is 20.3 Å². The van der Waals surface area contributed by atoms with Crippen LogP contribution in [0.3, 0.4) is 0 Å². The predicted molar refractivity (Wildman–Crippen MR) is 135 cm³/mol. The molecule has 0 fully saturated rings. The molecule has 0 spiro atoms. The zero-order valence-electron chi connectivity index (χ0n) is 19.7. The van der Waals surface area contributed by atoms with Gasteiger partial charge in [-0.2, -0.15) is 0 Å².